The highest BCUT2D eigenvalue weighted by atomic mass is 32.2. The van der Waals surface area contributed by atoms with Crippen molar-refractivity contribution >= 4 is 15.9 Å². The first-order valence-electron chi connectivity index (χ1n) is 8.29. The normalized spacial score (nSPS) is 12.7. The Morgan fingerprint density at radius 1 is 1.19 bits per heavy atom. The molecule has 3 N–H and O–H groups in total. The van der Waals surface area contributed by atoms with Gasteiger partial charge in [-0.1, -0.05) is 18.2 Å². The number of carbonyl (C=O) groups excluding carboxylic acids is 1. The largest absolute Gasteiger partial charge is 0.366 e. The van der Waals surface area contributed by atoms with Gasteiger partial charge in [0.2, 0.25) is 15.9 Å². The first-order chi connectivity index (χ1) is 12.8. The molecule has 1 atom stereocenters. The Morgan fingerprint density at radius 2 is 1.89 bits per heavy atom. The Labute approximate surface area is 157 Å². The summed E-state index contributed by atoms with van der Waals surface area (Å²) >= 11 is 0. The lowest BCUT2D eigenvalue weighted by molar-refractivity contribution is 0.0999. The minimum absolute atomic E-state index is 0.00351. The zero-order valence-corrected chi connectivity index (χ0v) is 15.8. The second-order valence-corrected chi connectivity index (χ2v) is 7.96. The average Bonchev–Trinajstić information content (AvgIpc) is 3.16. The van der Waals surface area contributed by atoms with Crippen molar-refractivity contribution < 1.29 is 13.2 Å². The summed E-state index contributed by atoms with van der Waals surface area (Å²) in [7, 11) is -3.81. The van der Waals surface area contributed by atoms with Gasteiger partial charge >= 0.3 is 0 Å². The molecule has 1 aromatic heterocycles. The molecule has 0 bridgehead atoms. The van der Waals surface area contributed by atoms with Crippen molar-refractivity contribution in [1.29, 1.82) is 0 Å². The van der Waals surface area contributed by atoms with Gasteiger partial charge in [-0.3, -0.25) is 4.79 Å². The van der Waals surface area contributed by atoms with Crippen molar-refractivity contribution in [3.8, 4) is 5.69 Å². The van der Waals surface area contributed by atoms with Gasteiger partial charge in [0.25, 0.3) is 0 Å². The summed E-state index contributed by atoms with van der Waals surface area (Å²) in [6, 6.07) is 11.4. The molecule has 0 fully saturated rings. The minimum atomic E-state index is -3.81. The van der Waals surface area contributed by atoms with E-state index in [1.165, 1.54) is 12.1 Å². The van der Waals surface area contributed by atoms with Crippen LogP contribution in [0.25, 0.3) is 5.69 Å². The van der Waals surface area contributed by atoms with Gasteiger partial charge in [0, 0.05) is 29.7 Å². The van der Waals surface area contributed by atoms with E-state index in [4.69, 9.17) is 5.73 Å². The predicted molar refractivity (Wildman–Crippen MR) is 102 cm³/mol. The lowest BCUT2D eigenvalue weighted by Gasteiger charge is -2.16. The van der Waals surface area contributed by atoms with Crippen LogP contribution in [0, 0.1) is 6.92 Å². The molecule has 0 saturated carbocycles. The predicted octanol–water partition coefficient (Wildman–Crippen LogP) is 2.32. The van der Waals surface area contributed by atoms with E-state index >= 15 is 0 Å². The number of sulfonamides is 1. The van der Waals surface area contributed by atoms with Crippen LogP contribution < -0.4 is 10.5 Å². The van der Waals surface area contributed by atoms with Crippen LogP contribution in [0.1, 0.15) is 34.5 Å². The maximum Gasteiger partial charge on any atom is 0.249 e. The number of aryl methyl sites for hydroxylation is 1. The Hall–Kier alpha value is -2.97. The van der Waals surface area contributed by atoms with Crippen molar-refractivity contribution in [2.45, 2.75) is 24.8 Å². The van der Waals surface area contributed by atoms with Gasteiger partial charge in [-0.25, -0.2) is 18.1 Å². The van der Waals surface area contributed by atoms with Crippen molar-refractivity contribution in [2.75, 3.05) is 0 Å². The van der Waals surface area contributed by atoms with Crippen LogP contribution in [0.5, 0.6) is 0 Å². The molecule has 140 valence electrons. The smallest absolute Gasteiger partial charge is 0.249 e. The summed E-state index contributed by atoms with van der Waals surface area (Å²) in [4.78, 5) is 15.5. The van der Waals surface area contributed by atoms with Gasteiger partial charge in [0.1, 0.15) is 0 Å². The summed E-state index contributed by atoms with van der Waals surface area (Å²) in [5.41, 5.74) is 7.87. The number of nitrogens with two attached hydrogens (primary N) is 1. The van der Waals surface area contributed by atoms with Crippen LogP contribution in [-0.2, 0) is 10.0 Å². The molecular weight excluding hydrogens is 364 g/mol. The SMILES string of the molecule is Cc1ccc(S(=O)(=O)NC(C)c2ccc(-n3ccnc3)cc2)cc1C(N)=O. The van der Waals surface area contributed by atoms with Crippen LogP contribution in [-0.4, -0.2) is 23.9 Å². The van der Waals surface area contributed by atoms with E-state index in [1.54, 1.807) is 32.4 Å². The van der Waals surface area contributed by atoms with Crippen molar-refractivity contribution in [2.24, 2.45) is 5.73 Å². The fourth-order valence-electron chi connectivity index (χ4n) is 2.75. The van der Waals surface area contributed by atoms with E-state index in [9.17, 15) is 13.2 Å². The molecule has 3 aromatic rings. The minimum Gasteiger partial charge on any atom is -0.366 e. The molecule has 2 aromatic carbocycles. The molecule has 0 aliphatic heterocycles. The molecule has 0 aliphatic carbocycles. The number of nitrogens with one attached hydrogen (secondary N) is 1. The number of nitrogens with zero attached hydrogens (tertiary/aromatic N) is 2. The lowest BCUT2D eigenvalue weighted by Crippen LogP contribution is -2.27. The van der Waals surface area contributed by atoms with Gasteiger partial charge in [-0.05, 0) is 49.2 Å². The highest BCUT2D eigenvalue weighted by Gasteiger charge is 2.20. The third kappa shape index (κ3) is 4.07. The van der Waals surface area contributed by atoms with Crippen molar-refractivity contribution in [3.63, 3.8) is 0 Å². The van der Waals surface area contributed by atoms with Crippen LogP contribution in [0.2, 0.25) is 0 Å². The zero-order chi connectivity index (χ0) is 19.6. The number of hydrogen-bond acceptors (Lipinski definition) is 4. The number of imidazole rings is 1. The molecule has 1 heterocycles. The molecule has 8 heteroatoms. The molecule has 0 radical (unpaired) electrons. The second-order valence-electron chi connectivity index (χ2n) is 6.25. The van der Waals surface area contributed by atoms with Gasteiger partial charge in [0.15, 0.2) is 0 Å². The topological polar surface area (TPSA) is 107 Å². The number of aromatic nitrogens is 2. The third-order valence-corrected chi connectivity index (χ3v) is 5.85. The summed E-state index contributed by atoms with van der Waals surface area (Å²) < 4.78 is 29.8. The zero-order valence-electron chi connectivity index (χ0n) is 15.0. The number of benzene rings is 2. The Bertz CT molecular complexity index is 1060. The highest BCUT2D eigenvalue weighted by molar-refractivity contribution is 7.89. The van der Waals surface area contributed by atoms with Crippen LogP contribution >= 0.6 is 0 Å². The van der Waals surface area contributed by atoms with E-state index in [1.807, 2.05) is 35.0 Å². The molecule has 1 amide bonds. The Balaban J connectivity index is 1.81. The van der Waals surface area contributed by atoms with Gasteiger partial charge < -0.3 is 10.3 Å². The summed E-state index contributed by atoms with van der Waals surface area (Å²) in [5, 5.41) is 0. The molecule has 0 spiro atoms. The van der Waals surface area contributed by atoms with E-state index in [-0.39, 0.29) is 10.5 Å². The molecule has 0 aliphatic rings. The monoisotopic (exact) mass is 384 g/mol. The summed E-state index contributed by atoms with van der Waals surface area (Å²) in [5.74, 6) is -0.660. The summed E-state index contributed by atoms with van der Waals surface area (Å²) in [6.45, 7) is 3.46. The molecule has 27 heavy (non-hydrogen) atoms. The van der Waals surface area contributed by atoms with Crippen molar-refractivity contribution in [1.82, 2.24) is 14.3 Å². The Morgan fingerprint density at radius 3 is 2.48 bits per heavy atom. The first kappa shape index (κ1) is 18.8. The van der Waals surface area contributed by atoms with Gasteiger partial charge in [-0.15, -0.1) is 0 Å². The Kier molecular flexibility index (Phi) is 5.11. The van der Waals surface area contributed by atoms with Crippen molar-refractivity contribution in [3.05, 3.63) is 77.9 Å². The number of rotatable bonds is 6. The third-order valence-electron chi connectivity index (χ3n) is 4.31. The van der Waals surface area contributed by atoms with E-state index < -0.39 is 22.0 Å². The number of hydrogen-bond donors (Lipinski definition) is 2. The number of primary amides is 1. The van der Waals surface area contributed by atoms with E-state index in [0.29, 0.717) is 5.56 Å². The van der Waals surface area contributed by atoms with Gasteiger partial charge in [0.05, 0.1) is 11.2 Å². The fraction of sp³-hybridized carbons (Fsp3) is 0.158. The molecular formula is C19H20N4O3S. The van der Waals surface area contributed by atoms with Crippen LogP contribution in [0.4, 0.5) is 0 Å². The first-order valence-corrected chi connectivity index (χ1v) is 9.77. The van der Waals surface area contributed by atoms with Gasteiger partial charge in [-0.2, -0.15) is 0 Å². The van der Waals surface area contributed by atoms with Crippen LogP contribution in [0.15, 0.2) is 66.1 Å². The molecule has 0 saturated heterocycles. The maximum absolute atomic E-state index is 12.7. The second kappa shape index (κ2) is 7.34. The van der Waals surface area contributed by atoms with Crippen LogP contribution in [0.3, 0.4) is 0 Å². The quantitative estimate of drug-likeness (QED) is 0.680. The summed E-state index contributed by atoms with van der Waals surface area (Å²) in [6.07, 6.45) is 5.20. The van der Waals surface area contributed by atoms with E-state index in [2.05, 4.69) is 9.71 Å². The average molecular weight is 384 g/mol. The highest BCUT2D eigenvalue weighted by Crippen LogP contribution is 2.20. The fourth-order valence-corrected chi connectivity index (χ4v) is 4.01. The molecule has 7 nitrogen and oxygen atoms in total. The number of amides is 1. The standard InChI is InChI=1S/C19H20N4O3S/c1-13-3-8-17(11-18(13)19(20)24)27(25,26)22-14(2)15-4-6-16(7-5-15)23-10-9-21-12-23/h3-12,14,22H,1-2H3,(H2,20,24). The lowest BCUT2D eigenvalue weighted by atomic mass is 10.1. The maximum atomic E-state index is 12.7. The van der Waals surface area contributed by atoms with E-state index in [0.717, 1.165) is 11.3 Å². The molecule has 3 rings (SSSR count). The molecule has 1 unspecified atom stereocenters. The number of carbonyl (C=O) groups is 1.